The van der Waals surface area contributed by atoms with E-state index in [0.29, 0.717) is 16.9 Å². The average Bonchev–Trinajstić information content (AvgIpc) is 2.74. The Hall–Kier alpha value is -3.65. The number of para-hydroxylation sites is 1. The van der Waals surface area contributed by atoms with Gasteiger partial charge in [-0.2, -0.15) is 5.26 Å². The summed E-state index contributed by atoms with van der Waals surface area (Å²) in [4.78, 5) is 19.1. The van der Waals surface area contributed by atoms with Gasteiger partial charge in [-0.15, -0.1) is 0 Å². The molecule has 0 saturated carbocycles. The molecule has 2 aromatic carbocycles. The smallest absolute Gasteiger partial charge is 0.274 e. The molecule has 0 atom stereocenters. The van der Waals surface area contributed by atoms with Gasteiger partial charge < -0.3 is 10.2 Å². The second-order valence-electron chi connectivity index (χ2n) is 6.45. The predicted octanol–water partition coefficient (Wildman–Crippen LogP) is 3.77. The van der Waals surface area contributed by atoms with Crippen LogP contribution in [0.3, 0.4) is 0 Å². The lowest BCUT2D eigenvalue weighted by molar-refractivity contribution is 0.102. The molecular formula is C22H18N4O. The van der Waals surface area contributed by atoms with Crippen molar-refractivity contribution in [3.8, 4) is 6.07 Å². The number of pyridine rings is 1. The molecule has 0 unspecified atom stereocenters. The molecule has 0 spiro atoms. The summed E-state index contributed by atoms with van der Waals surface area (Å²) in [6.07, 6.45) is 2.64. The van der Waals surface area contributed by atoms with Crippen molar-refractivity contribution in [3.63, 3.8) is 0 Å². The Labute approximate surface area is 157 Å². The third kappa shape index (κ3) is 3.51. The maximum atomic E-state index is 12.6. The number of amides is 1. The molecule has 0 saturated heterocycles. The fraction of sp³-hybridized carbons (Fsp3) is 0.136. The Morgan fingerprint density at radius 2 is 1.85 bits per heavy atom. The number of anilines is 2. The van der Waals surface area contributed by atoms with Crippen LogP contribution in [0.1, 0.15) is 27.2 Å². The van der Waals surface area contributed by atoms with Gasteiger partial charge in [-0.25, -0.2) is 0 Å². The highest BCUT2D eigenvalue weighted by Crippen LogP contribution is 2.25. The monoisotopic (exact) mass is 354 g/mol. The number of benzene rings is 2. The first-order chi connectivity index (χ1) is 13.2. The Morgan fingerprint density at radius 3 is 2.70 bits per heavy atom. The largest absolute Gasteiger partial charge is 0.367 e. The van der Waals surface area contributed by atoms with Crippen LogP contribution in [0.15, 0.2) is 66.9 Å². The number of nitrogens with zero attached hydrogens (tertiary/aromatic N) is 3. The molecule has 0 fully saturated rings. The number of hydrogen-bond donors (Lipinski definition) is 1. The molecule has 0 bridgehead atoms. The van der Waals surface area contributed by atoms with Crippen molar-refractivity contribution >= 4 is 17.3 Å². The lowest BCUT2D eigenvalue weighted by atomic mass is 9.99. The van der Waals surface area contributed by atoms with E-state index in [9.17, 15) is 10.1 Å². The quantitative estimate of drug-likeness (QED) is 0.777. The number of nitriles is 1. The Morgan fingerprint density at radius 1 is 1.07 bits per heavy atom. The molecule has 1 aliphatic rings. The van der Waals surface area contributed by atoms with Gasteiger partial charge in [0.25, 0.3) is 5.91 Å². The number of rotatable bonds is 3. The summed E-state index contributed by atoms with van der Waals surface area (Å²) in [6, 6.07) is 21.2. The molecule has 0 aliphatic carbocycles. The molecule has 2 heterocycles. The first-order valence-electron chi connectivity index (χ1n) is 8.83. The first-order valence-corrected chi connectivity index (χ1v) is 8.83. The molecule has 132 valence electrons. The van der Waals surface area contributed by atoms with Gasteiger partial charge in [-0.3, -0.25) is 9.78 Å². The number of aromatic nitrogens is 1. The first kappa shape index (κ1) is 16.8. The minimum Gasteiger partial charge on any atom is -0.367 e. The van der Waals surface area contributed by atoms with Gasteiger partial charge in [0.15, 0.2) is 0 Å². The van der Waals surface area contributed by atoms with E-state index in [1.54, 1.807) is 36.5 Å². The maximum absolute atomic E-state index is 12.6. The van der Waals surface area contributed by atoms with Crippen molar-refractivity contribution in [2.24, 2.45) is 0 Å². The molecular weight excluding hydrogens is 336 g/mol. The third-order valence-electron chi connectivity index (χ3n) is 4.77. The number of carbonyl (C=O) groups is 1. The zero-order chi connectivity index (χ0) is 18.6. The van der Waals surface area contributed by atoms with Crippen LogP contribution >= 0.6 is 0 Å². The normalized spacial score (nSPS) is 12.8. The highest BCUT2D eigenvalue weighted by molar-refractivity contribution is 6.04. The molecule has 5 nitrogen and oxygen atoms in total. The highest BCUT2D eigenvalue weighted by Gasteiger charge is 2.18. The van der Waals surface area contributed by atoms with Gasteiger partial charge >= 0.3 is 0 Å². The Kier molecular flexibility index (Phi) is 4.54. The predicted molar refractivity (Wildman–Crippen MR) is 105 cm³/mol. The number of hydrogen-bond acceptors (Lipinski definition) is 4. The van der Waals surface area contributed by atoms with Gasteiger partial charge in [-0.1, -0.05) is 36.4 Å². The van der Waals surface area contributed by atoms with E-state index in [2.05, 4.69) is 45.5 Å². The summed E-state index contributed by atoms with van der Waals surface area (Å²) < 4.78 is 0. The minimum atomic E-state index is -0.322. The SMILES string of the molecule is N#Cc1ccccc1NC(=O)c1cc(N2CCc3ccccc3C2)ccn1. The summed E-state index contributed by atoms with van der Waals surface area (Å²) >= 11 is 0. The van der Waals surface area contributed by atoms with Crippen molar-refractivity contribution in [1.82, 2.24) is 4.98 Å². The van der Waals surface area contributed by atoms with E-state index in [1.165, 1.54) is 11.1 Å². The van der Waals surface area contributed by atoms with Crippen molar-refractivity contribution in [3.05, 3.63) is 89.2 Å². The van der Waals surface area contributed by atoms with Crippen LogP contribution in [0.25, 0.3) is 0 Å². The standard InChI is InChI=1S/C22H18N4O/c23-14-17-6-3-4-8-20(17)25-22(27)21-13-19(9-11-24-21)26-12-10-16-5-1-2-7-18(16)15-26/h1-9,11,13H,10,12,15H2,(H,25,27). The zero-order valence-corrected chi connectivity index (χ0v) is 14.7. The fourth-order valence-corrected chi connectivity index (χ4v) is 3.33. The minimum absolute atomic E-state index is 0.322. The second-order valence-corrected chi connectivity index (χ2v) is 6.45. The fourth-order valence-electron chi connectivity index (χ4n) is 3.33. The topological polar surface area (TPSA) is 69.0 Å². The summed E-state index contributed by atoms with van der Waals surface area (Å²) in [6.45, 7) is 1.72. The van der Waals surface area contributed by atoms with Gasteiger partial charge in [0, 0.05) is 25.0 Å². The zero-order valence-electron chi connectivity index (χ0n) is 14.7. The molecule has 1 N–H and O–H groups in total. The molecule has 4 rings (SSSR count). The molecule has 1 aromatic heterocycles. The van der Waals surface area contributed by atoms with Gasteiger partial charge in [0.1, 0.15) is 11.8 Å². The van der Waals surface area contributed by atoms with E-state index >= 15 is 0 Å². The summed E-state index contributed by atoms with van der Waals surface area (Å²) in [5.74, 6) is -0.322. The highest BCUT2D eigenvalue weighted by atomic mass is 16.1. The lowest BCUT2D eigenvalue weighted by Gasteiger charge is -2.30. The molecule has 5 heteroatoms. The Bertz CT molecular complexity index is 1040. The van der Waals surface area contributed by atoms with Crippen molar-refractivity contribution in [2.75, 3.05) is 16.8 Å². The van der Waals surface area contributed by atoms with Crippen molar-refractivity contribution < 1.29 is 4.79 Å². The van der Waals surface area contributed by atoms with Gasteiger partial charge in [0.2, 0.25) is 0 Å². The van der Waals surface area contributed by atoms with E-state index < -0.39 is 0 Å². The molecule has 1 amide bonds. The van der Waals surface area contributed by atoms with Crippen LogP contribution in [0, 0.1) is 11.3 Å². The van der Waals surface area contributed by atoms with E-state index in [-0.39, 0.29) is 5.91 Å². The number of carbonyl (C=O) groups excluding carboxylic acids is 1. The summed E-state index contributed by atoms with van der Waals surface area (Å²) in [5, 5.41) is 12.0. The molecule has 0 radical (unpaired) electrons. The van der Waals surface area contributed by atoms with E-state index in [4.69, 9.17) is 0 Å². The number of nitrogens with one attached hydrogen (secondary N) is 1. The summed E-state index contributed by atoms with van der Waals surface area (Å²) in [5.41, 5.74) is 4.92. The van der Waals surface area contributed by atoms with Crippen LogP contribution in [-0.2, 0) is 13.0 Å². The second kappa shape index (κ2) is 7.30. The maximum Gasteiger partial charge on any atom is 0.274 e. The van der Waals surface area contributed by atoms with Crippen LogP contribution in [0.5, 0.6) is 0 Å². The lowest BCUT2D eigenvalue weighted by Crippen LogP contribution is -2.30. The molecule has 3 aromatic rings. The van der Waals surface area contributed by atoms with Crippen LogP contribution in [-0.4, -0.2) is 17.4 Å². The average molecular weight is 354 g/mol. The summed E-state index contributed by atoms with van der Waals surface area (Å²) in [7, 11) is 0. The van der Waals surface area contributed by atoms with Crippen molar-refractivity contribution in [2.45, 2.75) is 13.0 Å². The third-order valence-corrected chi connectivity index (χ3v) is 4.77. The molecule has 1 aliphatic heterocycles. The van der Waals surface area contributed by atoms with Crippen LogP contribution in [0.2, 0.25) is 0 Å². The molecule has 27 heavy (non-hydrogen) atoms. The Balaban J connectivity index is 1.54. The van der Waals surface area contributed by atoms with Crippen molar-refractivity contribution in [1.29, 1.82) is 5.26 Å². The van der Waals surface area contributed by atoms with E-state index in [1.807, 2.05) is 6.07 Å². The van der Waals surface area contributed by atoms with Gasteiger partial charge in [-0.05, 0) is 41.8 Å². The van der Waals surface area contributed by atoms with Crippen LogP contribution in [0.4, 0.5) is 11.4 Å². The van der Waals surface area contributed by atoms with Crippen LogP contribution < -0.4 is 10.2 Å². The van der Waals surface area contributed by atoms with Gasteiger partial charge in [0.05, 0.1) is 11.3 Å². The number of fused-ring (bicyclic) bond motifs is 1. The van der Waals surface area contributed by atoms with E-state index in [0.717, 1.165) is 25.2 Å².